The van der Waals surface area contributed by atoms with Crippen LogP contribution in [0.1, 0.15) is 25.8 Å². The van der Waals surface area contributed by atoms with E-state index in [1.54, 1.807) is 50.3 Å². The average Bonchev–Trinajstić information content (AvgIpc) is 2.89. The molecule has 1 atom stereocenters. The molecule has 1 aliphatic rings. The zero-order valence-electron chi connectivity index (χ0n) is 22.1. The molecule has 0 N–H and O–H groups in total. The summed E-state index contributed by atoms with van der Waals surface area (Å²) in [4.78, 5) is 10.7. The van der Waals surface area contributed by atoms with Gasteiger partial charge in [-0.1, -0.05) is 36.4 Å². The van der Waals surface area contributed by atoms with E-state index in [9.17, 15) is 26.9 Å². The zero-order valence-corrected chi connectivity index (χ0v) is 23.7. The smallest absolute Gasteiger partial charge is 0.296 e. The summed E-state index contributed by atoms with van der Waals surface area (Å²) < 4.78 is 75.3. The molecule has 0 saturated carbocycles. The maximum Gasteiger partial charge on any atom is 0.296 e. The summed E-state index contributed by atoms with van der Waals surface area (Å²) in [5.41, 5.74) is -0.565. The summed E-state index contributed by atoms with van der Waals surface area (Å²) in [6.07, 6.45) is 4.63. The monoisotopic (exact) mass is 597 g/mol. The third kappa shape index (κ3) is 9.41. The van der Waals surface area contributed by atoms with Gasteiger partial charge in [-0.2, -0.15) is 16.8 Å². The van der Waals surface area contributed by atoms with Crippen LogP contribution >= 0.6 is 0 Å². The van der Waals surface area contributed by atoms with Crippen molar-refractivity contribution in [3.8, 4) is 11.5 Å². The Kier molecular flexibility index (Phi) is 10.8. The van der Waals surface area contributed by atoms with E-state index in [0.29, 0.717) is 5.56 Å². The Morgan fingerprint density at radius 1 is 0.950 bits per heavy atom. The molecule has 0 aliphatic heterocycles. The maximum absolute atomic E-state index is 12.1. The molecule has 2 aromatic rings. The second-order valence-corrected chi connectivity index (χ2v) is 12.0. The van der Waals surface area contributed by atoms with Gasteiger partial charge in [-0.25, -0.2) is 0 Å². The summed E-state index contributed by atoms with van der Waals surface area (Å²) in [5.74, 6) is 0.0449. The molecule has 0 bridgehead atoms. The van der Waals surface area contributed by atoms with Crippen molar-refractivity contribution in [3.63, 3.8) is 0 Å². The van der Waals surface area contributed by atoms with Crippen LogP contribution in [-0.2, 0) is 39.1 Å². The average molecular weight is 598 g/mol. The maximum atomic E-state index is 12.1. The van der Waals surface area contributed by atoms with E-state index in [2.05, 4.69) is 0 Å². The van der Waals surface area contributed by atoms with Gasteiger partial charge >= 0.3 is 0 Å². The molecule has 0 radical (unpaired) electrons. The summed E-state index contributed by atoms with van der Waals surface area (Å²) in [6.45, 7) is 3.14. The lowest BCUT2D eigenvalue weighted by molar-refractivity contribution is -0.385. The van der Waals surface area contributed by atoms with E-state index in [1.807, 2.05) is 0 Å². The topological polar surface area (TPSA) is 158 Å². The van der Waals surface area contributed by atoms with E-state index < -0.39 is 30.8 Å². The highest BCUT2D eigenvalue weighted by Gasteiger charge is 2.30. The second-order valence-electron chi connectivity index (χ2n) is 8.78. The lowest BCUT2D eigenvalue weighted by Gasteiger charge is -2.30. The number of hydrogen-bond donors (Lipinski definition) is 0. The first kappa shape index (κ1) is 31.2. The van der Waals surface area contributed by atoms with Crippen LogP contribution in [0.3, 0.4) is 0 Å². The Morgan fingerprint density at radius 3 is 2.33 bits per heavy atom. The molecule has 0 saturated heterocycles. The quantitative estimate of drug-likeness (QED) is 0.120. The van der Waals surface area contributed by atoms with Crippen LogP contribution in [0.2, 0.25) is 0 Å². The first-order valence-corrected chi connectivity index (χ1v) is 15.3. The SMILES string of the molecule is CCOS(=O)(=O)C1=CCC(C)(Oc2ccc([N+](=O)[O-])cc2OCCOCCOS(=O)(=O)Cc2ccccc2)C=C1. The van der Waals surface area contributed by atoms with Crippen LogP contribution in [0.15, 0.2) is 71.7 Å². The van der Waals surface area contributed by atoms with Gasteiger partial charge in [0.1, 0.15) is 18.0 Å². The lowest BCUT2D eigenvalue weighted by atomic mass is 9.97. The van der Waals surface area contributed by atoms with Crippen molar-refractivity contribution in [1.82, 2.24) is 0 Å². The highest BCUT2D eigenvalue weighted by atomic mass is 32.2. The second kappa shape index (κ2) is 13.9. The van der Waals surface area contributed by atoms with Gasteiger partial charge in [0, 0.05) is 12.5 Å². The van der Waals surface area contributed by atoms with Gasteiger partial charge in [-0.3, -0.25) is 18.5 Å². The third-order valence-electron chi connectivity index (χ3n) is 5.51. The van der Waals surface area contributed by atoms with Crippen molar-refractivity contribution < 1.29 is 44.3 Å². The molecule has 0 fully saturated rings. The number of nitrogens with zero attached hydrogens (tertiary/aromatic N) is 1. The molecular formula is C26H31NO11S2. The van der Waals surface area contributed by atoms with Gasteiger partial charge in [-0.15, -0.1) is 0 Å². The highest BCUT2D eigenvalue weighted by Crippen LogP contribution is 2.37. The Balaban J connectivity index is 1.53. The van der Waals surface area contributed by atoms with Crippen LogP contribution in [0.5, 0.6) is 11.5 Å². The van der Waals surface area contributed by atoms with Gasteiger partial charge in [0.05, 0.1) is 42.3 Å². The number of nitro groups is 1. The van der Waals surface area contributed by atoms with Crippen LogP contribution < -0.4 is 9.47 Å². The Labute approximate surface area is 233 Å². The van der Waals surface area contributed by atoms with Crippen molar-refractivity contribution in [2.75, 3.05) is 33.0 Å². The number of ether oxygens (including phenoxy) is 3. The van der Waals surface area contributed by atoms with Crippen molar-refractivity contribution >= 4 is 25.9 Å². The Morgan fingerprint density at radius 2 is 1.68 bits per heavy atom. The van der Waals surface area contributed by atoms with Gasteiger partial charge in [0.15, 0.2) is 11.5 Å². The first-order valence-electron chi connectivity index (χ1n) is 12.3. The van der Waals surface area contributed by atoms with E-state index in [1.165, 1.54) is 30.4 Å². The van der Waals surface area contributed by atoms with Crippen molar-refractivity contribution in [2.45, 2.75) is 31.6 Å². The molecule has 218 valence electrons. The molecule has 0 heterocycles. The summed E-state index contributed by atoms with van der Waals surface area (Å²) in [7, 11) is -7.63. The number of rotatable bonds is 16. The first-order chi connectivity index (χ1) is 18.9. The summed E-state index contributed by atoms with van der Waals surface area (Å²) >= 11 is 0. The zero-order chi connectivity index (χ0) is 29.2. The molecule has 0 spiro atoms. The molecule has 1 aliphatic carbocycles. The standard InChI is InChI=1S/C26H31NO11S2/c1-3-36-40(32,33)23-11-13-26(2,14-12-23)38-24-10-9-22(27(28)29)19-25(24)35-17-15-34-16-18-37-39(30,31)20-21-7-5-4-6-8-21/h4-13,19H,3,14-18,20H2,1-2H3. The van der Waals surface area contributed by atoms with Crippen LogP contribution in [0.25, 0.3) is 0 Å². The predicted molar refractivity (Wildman–Crippen MR) is 146 cm³/mol. The largest absolute Gasteiger partial charge is 0.487 e. The van der Waals surface area contributed by atoms with Crippen LogP contribution in [0.4, 0.5) is 5.69 Å². The van der Waals surface area contributed by atoms with E-state index in [-0.39, 0.29) is 67.3 Å². The molecule has 2 aromatic carbocycles. The molecule has 12 nitrogen and oxygen atoms in total. The third-order valence-corrected chi connectivity index (χ3v) is 8.15. The highest BCUT2D eigenvalue weighted by molar-refractivity contribution is 7.90. The van der Waals surface area contributed by atoms with Crippen molar-refractivity contribution in [1.29, 1.82) is 0 Å². The molecule has 0 amide bonds. The number of allylic oxidation sites excluding steroid dienone is 1. The van der Waals surface area contributed by atoms with Crippen molar-refractivity contribution in [2.24, 2.45) is 0 Å². The fourth-order valence-electron chi connectivity index (χ4n) is 3.59. The minimum Gasteiger partial charge on any atom is -0.487 e. The van der Waals surface area contributed by atoms with Crippen LogP contribution in [0, 0.1) is 10.1 Å². The van der Waals surface area contributed by atoms with E-state index in [4.69, 9.17) is 22.6 Å². The minimum absolute atomic E-state index is 0.00880. The Bertz CT molecular complexity index is 1440. The Hall–Kier alpha value is -3.30. The molecular weight excluding hydrogens is 566 g/mol. The number of hydrogen-bond acceptors (Lipinski definition) is 11. The summed E-state index contributed by atoms with van der Waals surface area (Å²) in [6, 6.07) is 12.5. The number of benzene rings is 2. The van der Waals surface area contributed by atoms with Crippen LogP contribution in [-0.4, -0.2) is 60.4 Å². The predicted octanol–water partition coefficient (Wildman–Crippen LogP) is 3.88. The van der Waals surface area contributed by atoms with Gasteiger partial charge < -0.3 is 14.2 Å². The fourth-order valence-corrected chi connectivity index (χ4v) is 5.57. The van der Waals surface area contributed by atoms with E-state index in [0.717, 1.165) is 0 Å². The summed E-state index contributed by atoms with van der Waals surface area (Å²) in [5, 5.41) is 11.3. The molecule has 14 heteroatoms. The van der Waals surface area contributed by atoms with Gasteiger partial charge in [0.2, 0.25) is 0 Å². The molecule has 40 heavy (non-hydrogen) atoms. The normalized spacial score (nSPS) is 17.3. The van der Waals surface area contributed by atoms with E-state index >= 15 is 0 Å². The lowest BCUT2D eigenvalue weighted by Crippen LogP contribution is -2.31. The number of non-ortho nitro benzene ring substituents is 1. The van der Waals surface area contributed by atoms with Gasteiger partial charge in [0.25, 0.3) is 25.9 Å². The molecule has 1 unspecified atom stereocenters. The van der Waals surface area contributed by atoms with Gasteiger partial charge in [-0.05, 0) is 37.6 Å². The number of nitro benzene ring substituents is 1. The van der Waals surface area contributed by atoms with Crippen molar-refractivity contribution in [3.05, 3.63) is 87.3 Å². The fraction of sp³-hybridized carbons (Fsp3) is 0.385. The molecule has 3 rings (SSSR count). The minimum atomic E-state index is -3.86. The molecule has 0 aromatic heterocycles.